The molecule has 0 fully saturated rings. The Kier molecular flexibility index (Phi) is 3.38. The van der Waals surface area contributed by atoms with E-state index in [-0.39, 0.29) is 5.82 Å². The summed E-state index contributed by atoms with van der Waals surface area (Å²) in [4.78, 5) is 0.609. The van der Waals surface area contributed by atoms with Crippen LogP contribution in [-0.4, -0.2) is 9.78 Å². The van der Waals surface area contributed by atoms with Crippen LogP contribution in [0.2, 0.25) is 0 Å². The highest BCUT2D eigenvalue weighted by Crippen LogP contribution is 2.26. The van der Waals surface area contributed by atoms with E-state index >= 15 is 0 Å². The minimum Gasteiger partial charge on any atom is -0.399 e. The van der Waals surface area contributed by atoms with Crippen molar-refractivity contribution in [3.63, 3.8) is 0 Å². The third-order valence-corrected chi connectivity index (χ3v) is 3.51. The Bertz CT molecular complexity index is 537. The van der Waals surface area contributed by atoms with Gasteiger partial charge in [0.05, 0.1) is 5.69 Å². The summed E-state index contributed by atoms with van der Waals surface area (Å²) in [5.74, 6) is 0.423. The first kappa shape index (κ1) is 12.0. The Morgan fingerprint density at radius 3 is 2.76 bits per heavy atom. The molecule has 17 heavy (non-hydrogen) atoms. The Balaban J connectivity index is 2.10. The van der Waals surface area contributed by atoms with Crippen LogP contribution in [0.25, 0.3) is 0 Å². The lowest BCUT2D eigenvalue weighted by Gasteiger charge is -2.04. The molecule has 0 unspecified atom stereocenters. The van der Waals surface area contributed by atoms with E-state index in [1.165, 1.54) is 17.8 Å². The standard InChI is InChI=1S/C12H14FN3S/c1-8-5-10(16(2)15-8)7-17-12-4-3-9(14)6-11(12)13/h3-6H,7,14H2,1-2H3. The Morgan fingerprint density at radius 1 is 1.41 bits per heavy atom. The molecule has 5 heteroatoms. The van der Waals surface area contributed by atoms with Crippen molar-refractivity contribution in [2.24, 2.45) is 7.05 Å². The van der Waals surface area contributed by atoms with Gasteiger partial charge in [-0.15, -0.1) is 11.8 Å². The summed E-state index contributed by atoms with van der Waals surface area (Å²) in [6.07, 6.45) is 0. The number of nitrogens with zero attached hydrogens (tertiary/aromatic N) is 2. The maximum atomic E-state index is 13.5. The Morgan fingerprint density at radius 2 is 2.18 bits per heavy atom. The van der Waals surface area contributed by atoms with Gasteiger partial charge < -0.3 is 5.73 Å². The first-order chi connectivity index (χ1) is 8.06. The van der Waals surface area contributed by atoms with Crippen molar-refractivity contribution in [1.29, 1.82) is 0 Å². The lowest BCUT2D eigenvalue weighted by atomic mass is 10.3. The number of benzene rings is 1. The second-order valence-corrected chi connectivity index (χ2v) is 4.90. The summed E-state index contributed by atoms with van der Waals surface area (Å²) < 4.78 is 15.4. The average Bonchev–Trinajstić information content (AvgIpc) is 2.56. The number of halogens is 1. The summed E-state index contributed by atoms with van der Waals surface area (Å²) in [6.45, 7) is 1.94. The van der Waals surface area contributed by atoms with E-state index in [4.69, 9.17) is 5.73 Å². The molecular formula is C12H14FN3S. The molecule has 0 radical (unpaired) electrons. The number of hydrogen-bond acceptors (Lipinski definition) is 3. The van der Waals surface area contributed by atoms with Crippen LogP contribution in [0.3, 0.4) is 0 Å². The van der Waals surface area contributed by atoms with Crippen molar-refractivity contribution < 1.29 is 4.39 Å². The number of aryl methyl sites for hydroxylation is 2. The van der Waals surface area contributed by atoms with Crippen molar-refractivity contribution >= 4 is 17.4 Å². The minimum atomic E-state index is -0.270. The molecule has 0 amide bonds. The van der Waals surface area contributed by atoms with Crippen LogP contribution in [0.1, 0.15) is 11.4 Å². The van der Waals surface area contributed by atoms with Crippen molar-refractivity contribution in [2.45, 2.75) is 17.6 Å². The van der Waals surface area contributed by atoms with Gasteiger partial charge in [0, 0.05) is 29.1 Å². The molecular weight excluding hydrogens is 237 g/mol. The van der Waals surface area contributed by atoms with E-state index in [1.54, 1.807) is 12.1 Å². The van der Waals surface area contributed by atoms with Gasteiger partial charge in [0.2, 0.25) is 0 Å². The largest absolute Gasteiger partial charge is 0.399 e. The van der Waals surface area contributed by atoms with E-state index in [0.717, 1.165) is 11.4 Å². The lowest BCUT2D eigenvalue weighted by Crippen LogP contribution is -1.96. The highest BCUT2D eigenvalue weighted by atomic mass is 32.2. The van der Waals surface area contributed by atoms with Crippen molar-refractivity contribution in [1.82, 2.24) is 9.78 Å². The van der Waals surface area contributed by atoms with E-state index in [1.807, 2.05) is 24.7 Å². The summed E-state index contributed by atoms with van der Waals surface area (Å²) in [5.41, 5.74) is 7.99. The van der Waals surface area contributed by atoms with Crippen LogP contribution in [-0.2, 0) is 12.8 Å². The van der Waals surface area contributed by atoms with Gasteiger partial charge in [-0.05, 0) is 31.2 Å². The van der Waals surface area contributed by atoms with Crippen LogP contribution < -0.4 is 5.73 Å². The molecule has 0 spiro atoms. The van der Waals surface area contributed by atoms with Crippen LogP contribution in [0, 0.1) is 12.7 Å². The minimum absolute atomic E-state index is 0.270. The van der Waals surface area contributed by atoms with E-state index < -0.39 is 0 Å². The molecule has 0 bridgehead atoms. The zero-order valence-corrected chi connectivity index (χ0v) is 10.6. The summed E-state index contributed by atoms with van der Waals surface area (Å²) >= 11 is 1.44. The lowest BCUT2D eigenvalue weighted by molar-refractivity contribution is 0.602. The first-order valence-electron chi connectivity index (χ1n) is 5.23. The van der Waals surface area contributed by atoms with Gasteiger partial charge >= 0.3 is 0 Å². The number of anilines is 1. The third kappa shape index (κ3) is 2.79. The molecule has 0 aliphatic rings. The normalized spacial score (nSPS) is 10.8. The van der Waals surface area contributed by atoms with Gasteiger partial charge in [-0.3, -0.25) is 4.68 Å². The molecule has 0 atom stereocenters. The maximum absolute atomic E-state index is 13.5. The number of hydrogen-bond donors (Lipinski definition) is 1. The fourth-order valence-corrected chi connectivity index (χ4v) is 2.52. The Hall–Kier alpha value is -1.49. The molecule has 90 valence electrons. The fourth-order valence-electron chi connectivity index (χ4n) is 1.59. The summed E-state index contributed by atoms with van der Waals surface area (Å²) in [6, 6.07) is 6.76. The molecule has 1 aromatic carbocycles. The monoisotopic (exact) mass is 251 g/mol. The maximum Gasteiger partial charge on any atom is 0.138 e. The van der Waals surface area contributed by atoms with Crippen LogP contribution in [0.5, 0.6) is 0 Å². The van der Waals surface area contributed by atoms with Crippen LogP contribution in [0.4, 0.5) is 10.1 Å². The SMILES string of the molecule is Cc1cc(CSc2ccc(N)cc2F)n(C)n1. The average molecular weight is 251 g/mol. The first-order valence-corrected chi connectivity index (χ1v) is 6.22. The smallest absolute Gasteiger partial charge is 0.138 e. The third-order valence-electron chi connectivity index (χ3n) is 2.43. The molecule has 0 aliphatic heterocycles. The van der Waals surface area contributed by atoms with Crippen LogP contribution in [0.15, 0.2) is 29.2 Å². The number of thioether (sulfide) groups is 1. The zero-order valence-electron chi connectivity index (χ0n) is 9.77. The fraction of sp³-hybridized carbons (Fsp3) is 0.250. The molecule has 2 rings (SSSR count). The van der Waals surface area contributed by atoms with Crippen molar-refractivity contribution in [3.05, 3.63) is 41.5 Å². The van der Waals surface area contributed by atoms with Crippen LogP contribution >= 0.6 is 11.8 Å². The van der Waals surface area contributed by atoms with Crippen molar-refractivity contribution in [3.8, 4) is 0 Å². The molecule has 1 aromatic heterocycles. The van der Waals surface area contributed by atoms with E-state index in [0.29, 0.717) is 16.3 Å². The molecule has 2 aromatic rings. The number of aromatic nitrogens is 2. The van der Waals surface area contributed by atoms with Gasteiger partial charge in [-0.1, -0.05) is 0 Å². The van der Waals surface area contributed by atoms with Gasteiger partial charge in [-0.2, -0.15) is 5.10 Å². The zero-order chi connectivity index (χ0) is 12.4. The van der Waals surface area contributed by atoms with E-state index in [9.17, 15) is 4.39 Å². The molecule has 0 saturated carbocycles. The molecule has 1 heterocycles. The summed E-state index contributed by atoms with van der Waals surface area (Å²) in [5, 5.41) is 4.25. The molecule has 2 N–H and O–H groups in total. The predicted octanol–water partition coefficient (Wildman–Crippen LogP) is 2.74. The quantitative estimate of drug-likeness (QED) is 0.674. The van der Waals surface area contributed by atoms with Gasteiger partial charge in [0.1, 0.15) is 5.82 Å². The number of rotatable bonds is 3. The topological polar surface area (TPSA) is 43.8 Å². The van der Waals surface area contributed by atoms with E-state index in [2.05, 4.69) is 5.10 Å². The van der Waals surface area contributed by atoms with Gasteiger partial charge in [0.25, 0.3) is 0 Å². The highest BCUT2D eigenvalue weighted by Gasteiger charge is 2.06. The Labute approximate surface area is 104 Å². The molecule has 0 aliphatic carbocycles. The second kappa shape index (κ2) is 4.79. The molecule has 3 nitrogen and oxygen atoms in total. The van der Waals surface area contributed by atoms with Gasteiger partial charge in [-0.25, -0.2) is 4.39 Å². The number of nitrogen functional groups attached to an aromatic ring is 1. The summed E-state index contributed by atoms with van der Waals surface area (Å²) in [7, 11) is 1.89. The van der Waals surface area contributed by atoms with Crippen molar-refractivity contribution in [2.75, 3.05) is 5.73 Å². The highest BCUT2D eigenvalue weighted by molar-refractivity contribution is 7.98. The predicted molar refractivity (Wildman–Crippen MR) is 68.3 cm³/mol. The second-order valence-electron chi connectivity index (χ2n) is 3.88. The number of nitrogens with two attached hydrogens (primary N) is 1. The van der Waals surface area contributed by atoms with Gasteiger partial charge in [0.15, 0.2) is 0 Å². The molecule has 0 saturated heterocycles.